The number of carboxylic acids is 1. The maximum atomic E-state index is 13.4. The molecule has 1 aromatic heterocycles. The Hall–Kier alpha value is -3.78. The fourth-order valence-corrected chi connectivity index (χ4v) is 4.74. The lowest BCUT2D eigenvalue weighted by Gasteiger charge is -2.24. The van der Waals surface area contributed by atoms with Crippen molar-refractivity contribution in [2.45, 2.75) is 18.4 Å². The number of thiazole rings is 1. The minimum absolute atomic E-state index is 0.282. The molecule has 0 atom stereocenters. The largest absolute Gasteiger partial charge is 0.479 e. The van der Waals surface area contributed by atoms with Gasteiger partial charge in [-0.3, -0.25) is 4.79 Å². The summed E-state index contributed by atoms with van der Waals surface area (Å²) in [6, 6.07) is 19.5. The van der Waals surface area contributed by atoms with E-state index >= 15 is 0 Å². The van der Waals surface area contributed by atoms with Gasteiger partial charge in [-0.2, -0.15) is 0 Å². The van der Waals surface area contributed by atoms with E-state index in [2.05, 4.69) is 10.3 Å². The Morgan fingerprint density at radius 3 is 2.27 bits per heavy atom. The molecule has 4 aromatic rings. The molecule has 166 valence electrons. The first-order valence-corrected chi connectivity index (χ1v) is 11.2. The number of amides is 1. The predicted octanol–water partition coefficient (Wildman–Crippen LogP) is 5.54. The molecule has 33 heavy (non-hydrogen) atoms. The summed E-state index contributed by atoms with van der Waals surface area (Å²) < 4.78 is 14.2. The van der Waals surface area contributed by atoms with Gasteiger partial charge >= 0.3 is 5.97 Å². The van der Waals surface area contributed by atoms with Gasteiger partial charge < -0.3 is 15.3 Å². The van der Waals surface area contributed by atoms with E-state index in [9.17, 15) is 19.1 Å². The summed E-state index contributed by atoms with van der Waals surface area (Å²) in [5.41, 5.74) is 2.92. The molecule has 8 heteroatoms. The Kier molecular flexibility index (Phi) is 5.09. The molecule has 2 N–H and O–H groups in total. The molecule has 0 aliphatic heterocycles. The van der Waals surface area contributed by atoms with E-state index in [1.165, 1.54) is 28.4 Å². The van der Waals surface area contributed by atoms with Crippen LogP contribution >= 0.6 is 11.3 Å². The molecule has 1 saturated carbocycles. The summed E-state index contributed by atoms with van der Waals surface area (Å²) in [5, 5.41) is 13.3. The van der Waals surface area contributed by atoms with Crippen molar-refractivity contribution in [2.75, 3.05) is 12.4 Å². The second kappa shape index (κ2) is 7.97. The summed E-state index contributed by atoms with van der Waals surface area (Å²) in [6.45, 7) is 0. The molecule has 1 aliphatic carbocycles. The third-order valence-corrected chi connectivity index (χ3v) is 6.95. The van der Waals surface area contributed by atoms with Crippen LogP contribution in [-0.4, -0.2) is 39.5 Å². The van der Waals surface area contributed by atoms with Gasteiger partial charge in [0.2, 0.25) is 0 Å². The third-order valence-electron chi connectivity index (χ3n) is 6.02. The van der Waals surface area contributed by atoms with E-state index in [1.807, 2.05) is 36.4 Å². The van der Waals surface area contributed by atoms with Gasteiger partial charge in [0.25, 0.3) is 5.91 Å². The van der Waals surface area contributed by atoms with Crippen molar-refractivity contribution in [3.63, 3.8) is 0 Å². The number of halogens is 1. The standard InChI is InChI=1S/C25H20FN3O3S/c1-29(25(12-13-25)23(31)32)22(30)17-4-2-15(3-5-17)16-6-9-19(10-7-16)27-24-28-20-11-8-18(26)14-21(20)33-24/h2-11,14H,12-13H2,1H3,(H,27,28)(H,31,32). The zero-order chi connectivity index (χ0) is 23.2. The Labute approximate surface area is 193 Å². The van der Waals surface area contributed by atoms with Gasteiger partial charge in [0.05, 0.1) is 10.2 Å². The number of benzene rings is 3. The van der Waals surface area contributed by atoms with Crippen LogP contribution in [0.2, 0.25) is 0 Å². The highest BCUT2D eigenvalue weighted by Gasteiger charge is 2.55. The maximum Gasteiger partial charge on any atom is 0.329 e. The van der Waals surface area contributed by atoms with E-state index in [4.69, 9.17) is 0 Å². The number of carbonyl (C=O) groups excluding carboxylic acids is 1. The maximum absolute atomic E-state index is 13.4. The van der Waals surface area contributed by atoms with Crippen molar-refractivity contribution >= 4 is 44.2 Å². The Morgan fingerprint density at radius 1 is 1.03 bits per heavy atom. The summed E-state index contributed by atoms with van der Waals surface area (Å²) >= 11 is 1.39. The van der Waals surface area contributed by atoms with E-state index in [-0.39, 0.29) is 11.7 Å². The van der Waals surface area contributed by atoms with Crippen LogP contribution in [-0.2, 0) is 4.79 Å². The van der Waals surface area contributed by atoms with Crippen LogP contribution in [0.1, 0.15) is 23.2 Å². The number of carboxylic acid groups (broad SMARTS) is 1. The number of likely N-dealkylation sites (N-methyl/N-ethyl adjacent to an activating group) is 1. The van der Waals surface area contributed by atoms with Crippen molar-refractivity contribution in [3.8, 4) is 11.1 Å². The Bertz CT molecular complexity index is 1360. The topological polar surface area (TPSA) is 82.5 Å². The monoisotopic (exact) mass is 461 g/mol. The van der Waals surface area contributed by atoms with Crippen LogP contribution in [0.5, 0.6) is 0 Å². The first kappa shape index (κ1) is 21.1. The Balaban J connectivity index is 1.29. The molecule has 0 saturated heterocycles. The van der Waals surface area contributed by atoms with Crippen molar-refractivity contribution in [1.29, 1.82) is 0 Å². The minimum atomic E-state index is -1.06. The highest BCUT2D eigenvalue weighted by atomic mass is 32.1. The smallest absolute Gasteiger partial charge is 0.329 e. The van der Waals surface area contributed by atoms with Crippen molar-refractivity contribution < 1.29 is 19.1 Å². The molecule has 1 amide bonds. The van der Waals surface area contributed by atoms with Gasteiger partial charge in [-0.05, 0) is 66.4 Å². The summed E-state index contributed by atoms with van der Waals surface area (Å²) in [5.74, 6) is -1.53. The third kappa shape index (κ3) is 3.93. The number of carbonyl (C=O) groups is 2. The quantitative estimate of drug-likeness (QED) is 0.394. The SMILES string of the molecule is CN(C(=O)c1ccc(-c2ccc(Nc3nc4ccc(F)cc4s3)cc2)cc1)C1(C(=O)O)CC1. The first-order valence-electron chi connectivity index (χ1n) is 10.4. The highest BCUT2D eigenvalue weighted by molar-refractivity contribution is 7.22. The number of nitrogens with zero attached hydrogens (tertiary/aromatic N) is 2. The predicted molar refractivity (Wildman–Crippen MR) is 126 cm³/mol. The zero-order valence-corrected chi connectivity index (χ0v) is 18.5. The lowest BCUT2D eigenvalue weighted by Crippen LogP contribution is -2.44. The van der Waals surface area contributed by atoms with Gasteiger partial charge in [-0.1, -0.05) is 35.6 Å². The van der Waals surface area contributed by atoms with Crippen LogP contribution in [0.25, 0.3) is 21.3 Å². The summed E-state index contributed by atoms with van der Waals surface area (Å²) in [7, 11) is 1.55. The molecule has 6 nitrogen and oxygen atoms in total. The second-order valence-electron chi connectivity index (χ2n) is 8.11. The average molecular weight is 462 g/mol. The van der Waals surface area contributed by atoms with Crippen LogP contribution < -0.4 is 5.32 Å². The molecule has 1 fully saturated rings. The number of rotatable bonds is 6. The molecule has 0 radical (unpaired) electrons. The van der Waals surface area contributed by atoms with Gasteiger partial charge in [0.15, 0.2) is 5.13 Å². The number of nitrogens with one attached hydrogen (secondary N) is 1. The van der Waals surface area contributed by atoms with Crippen LogP contribution in [0.4, 0.5) is 15.2 Å². The van der Waals surface area contributed by atoms with Crippen LogP contribution in [0.15, 0.2) is 66.7 Å². The molecule has 0 spiro atoms. The van der Waals surface area contributed by atoms with E-state index in [0.717, 1.165) is 27.0 Å². The minimum Gasteiger partial charge on any atom is -0.479 e. The highest BCUT2D eigenvalue weighted by Crippen LogP contribution is 2.42. The molecule has 1 heterocycles. The number of hydrogen-bond acceptors (Lipinski definition) is 5. The van der Waals surface area contributed by atoms with Gasteiger partial charge in [0, 0.05) is 18.3 Å². The van der Waals surface area contributed by atoms with Crippen molar-refractivity contribution in [3.05, 3.63) is 78.1 Å². The number of aromatic nitrogens is 1. The summed E-state index contributed by atoms with van der Waals surface area (Å²) in [4.78, 5) is 30.0. The van der Waals surface area contributed by atoms with Crippen LogP contribution in [0, 0.1) is 5.82 Å². The number of hydrogen-bond donors (Lipinski definition) is 2. The molecule has 3 aromatic carbocycles. The molecular weight excluding hydrogens is 441 g/mol. The fraction of sp³-hybridized carbons (Fsp3) is 0.160. The molecule has 1 aliphatic rings. The van der Waals surface area contributed by atoms with Gasteiger partial charge in [-0.25, -0.2) is 14.2 Å². The molecule has 0 bridgehead atoms. The van der Waals surface area contributed by atoms with Crippen molar-refractivity contribution in [2.24, 2.45) is 0 Å². The number of fused-ring (bicyclic) bond motifs is 1. The summed E-state index contributed by atoms with van der Waals surface area (Å²) in [6.07, 6.45) is 0.966. The first-order chi connectivity index (χ1) is 15.9. The molecular formula is C25H20FN3O3S. The number of aliphatic carboxylic acids is 1. The average Bonchev–Trinajstić information content (AvgIpc) is 3.54. The fourth-order valence-electron chi connectivity index (χ4n) is 3.83. The molecule has 5 rings (SSSR count). The molecule has 0 unspecified atom stereocenters. The zero-order valence-electron chi connectivity index (χ0n) is 17.7. The van der Waals surface area contributed by atoms with Gasteiger partial charge in [0.1, 0.15) is 11.4 Å². The van der Waals surface area contributed by atoms with E-state index in [0.29, 0.717) is 23.5 Å². The van der Waals surface area contributed by atoms with E-state index < -0.39 is 11.5 Å². The lowest BCUT2D eigenvalue weighted by atomic mass is 10.0. The normalized spacial score (nSPS) is 14.1. The second-order valence-corrected chi connectivity index (χ2v) is 9.14. The number of anilines is 2. The van der Waals surface area contributed by atoms with Crippen LogP contribution in [0.3, 0.4) is 0 Å². The Morgan fingerprint density at radius 2 is 1.67 bits per heavy atom. The van der Waals surface area contributed by atoms with E-state index in [1.54, 1.807) is 25.2 Å². The lowest BCUT2D eigenvalue weighted by molar-refractivity contribution is -0.143. The van der Waals surface area contributed by atoms with Crippen molar-refractivity contribution in [1.82, 2.24) is 9.88 Å². The van der Waals surface area contributed by atoms with Gasteiger partial charge in [-0.15, -0.1) is 0 Å².